The van der Waals surface area contributed by atoms with Crippen LogP contribution in [-0.2, 0) is 6.54 Å². The van der Waals surface area contributed by atoms with Crippen molar-refractivity contribution in [3.8, 4) is 5.69 Å². The van der Waals surface area contributed by atoms with Gasteiger partial charge in [-0.1, -0.05) is 48.0 Å². The molecule has 7 heteroatoms. The van der Waals surface area contributed by atoms with Gasteiger partial charge in [-0.15, -0.1) is 0 Å². The molecule has 0 spiro atoms. The van der Waals surface area contributed by atoms with Crippen LogP contribution < -0.4 is 5.32 Å². The Balaban J connectivity index is 1.61. The fourth-order valence-electron chi connectivity index (χ4n) is 4.18. The second-order valence-electron chi connectivity index (χ2n) is 7.64. The lowest BCUT2D eigenvalue weighted by Gasteiger charge is -2.29. The van der Waals surface area contributed by atoms with E-state index >= 15 is 0 Å². The van der Waals surface area contributed by atoms with Crippen molar-refractivity contribution in [2.24, 2.45) is 0 Å². The third kappa shape index (κ3) is 3.87. The zero-order valence-electron chi connectivity index (χ0n) is 17.0. The Morgan fingerprint density at radius 1 is 1.00 bits per heavy atom. The van der Waals surface area contributed by atoms with Crippen LogP contribution in [0.3, 0.4) is 0 Å². The van der Waals surface area contributed by atoms with Crippen molar-refractivity contribution >= 4 is 28.9 Å². The Morgan fingerprint density at radius 3 is 2.56 bits per heavy atom. The third-order valence-electron chi connectivity index (χ3n) is 5.66. The lowest BCUT2D eigenvalue weighted by Crippen LogP contribution is -2.30. The molecule has 1 N–H and O–H groups in total. The van der Waals surface area contributed by atoms with Crippen molar-refractivity contribution in [1.82, 2.24) is 19.8 Å². The molecule has 1 fully saturated rings. The molecule has 1 aliphatic heterocycles. The number of pyridine rings is 1. The Labute approximate surface area is 196 Å². The SMILES string of the molecule is Fc1ccc(-n2cccc2[C@H]2[C@@H](c3ccccn3)NC(=S)N2Cc2ccccc2)cc1Cl. The molecule has 1 saturated heterocycles. The van der Waals surface area contributed by atoms with Crippen molar-refractivity contribution in [1.29, 1.82) is 0 Å². The maximum absolute atomic E-state index is 13.8. The van der Waals surface area contributed by atoms with E-state index in [0.29, 0.717) is 11.7 Å². The Hall–Kier alpha value is -3.22. The summed E-state index contributed by atoms with van der Waals surface area (Å²) < 4.78 is 15.8. The molecule has 5 rings (SSSR count). The molecular weight excluding hydrogens is 443 g/mol. The minimum absolute atomic E-state index is 0.0876. The van der Waals surface area contributed by atoms with Crippen LogP contribution >= 0.6 is 23.8 Å². The van der Waals surface area contributed by atoms with E-state index < -0.39 is 5.82 Å². The smallest absolute Gasteiger partial charge is 0.170 e. The molecule has 160 valence electrons. The van der Waals surface area contributed by atoms with Gasteiger partial charge < -0.3 is 14.8 Å². The molecular formula is C25H20ClFN4S. The first-order valence-corrected chi connectivity index (χ1v) is 11.0. The summed E-state index contributed by atoms with van der Waals surface area (Å²) in [5, 5.41) is 4.23. The molecule has 0 radical (unpaired) electrons. The maximum atomic E-state index is 13.8. The summed E-state index contributed by atoms with van der Waals surface area (Å²) in [7, 11) is 0. The van der Waals surface area contributed by atoms with Crippen LogP contribution in [0.1, 0.15) is 29.0 Å². The summed E-state index contributed by atoms with van der Waals surface area (Å²) in [5.41, 5.74) is 3.85. The van der Waals surface area contributed by atoms with E-state index in [1.807, 2.05) is 53.2 Å². The van der Waals surface area contributed by atoms with Gasteiger partial charge in [0.05, 0.1) is 22.8 Å². The first kappa shape index (κ1) is 20.7. The van der Waals surface area contributed by atoms with E-state index in [4.69, 9.17) is 23.8 Å². The number of benzene rings is 2. The van der Waals surface area contributed by atoms with Crippen molar-refractivity contribution in [2.75, 3.05) is 0 Å². The predicted molar refractivity (Wildman–Crippen MR) is 128 cm³/mol. The van der Waals surface area contributed by atoms with Crippen LogP contribution in [0.2, 0.25) is 5.02 Å². The number of rotatable bonds is 5. The Bertz CT molecular complexity index is 1250. The summed E-state index contributed by atoms with van der Waals surface area (Å²) in [6.45, 7) is 0.649. The van der Waals surface area contributed by atoms with E-state index in [0.717, 1.165) is 22.6 Å². The van der Waals surface area contributed by atoms with Crippen LogP contribution in [0.4, 0.5) is 4.39 Å². The van der Waals surface area contributed by atoms with Gasteiger partial charge >= 0.3 is 0 Å². The average molecular weight is 463 g/mol. The van der Waals surface area contributed by atoms with Gasteiger partial charge in [-0.25, -0.2) is 4.39 Å². The van der Waals surface area contributed by atoms with Gasteiger partial charge in [0.25, 0.3) is 0 Å². The second-order valence-corrected chi connectivity index (χ2v) is 8.44. The van der Waals surface area contributed by atoms with Gasteiger partial charge in [-0.05, 0) is 60.2 Å². The summed E-state index contributed by atoms with van der Waals surface area (Å²) in [5.74, 6) is -0.440. The minimum atomic E-state index is -0.440. The first-order chi connectivity index (χ1) is 15.6. The highest BCUT2D eigenvalue weighted by atomic mass is 35.5. The second kappa shape index (κ2) is 8.73. The number of nitrogens with zero attached hydrogens (tertiary/aromatic N) is 3. The third-order valence-corrected chi connectivity index (χ3v) is 6.30. The van der Waals surface area contributed by atoms with Gasteiger partial charge in [0.1, 0.15) is 5.82 Å². The Morgan fingerprint density at radius 2 is 1.81 bits per heavy atom. The van der Waals surface area contributed by atoms with E-state index in [9.17, 15) is 4.39 Å². The molecule has 0 bridgehead atoms. The highest BCUT2D eigenvalue weighted by Gasteiger charge is 2.41. The number of hydrogen-bond donors (Lipinski definition) is 1. The van der Waals surface area contributed by atoms with E-state index in [1.165, 1.54) is 6.07 Å². The number of hydrogen-bond acceptors (Lipinski definition) is 2. The highest BCUT2D eigenvalue weighted by Crippen LogP contribution is 2.40. The number of aromatic nitrogens is 2. The number of halogens is 2. The number of nitrogens with one attached hydrogen (secondary N) is 1. The van der Waals surface area contributed by atoms with Crippen molar-refractivity contribution in [2.45, 2.75) is 18.6 Å². The van der Waals surface area contributed by atoms with Crippen molar-refractivity contribution in [3.05, 3.63) is 119 Å². The van der Waals surface area contributed by atoms with Crippen LogP contribution in [0.15, 0.2) is 91.3 Å². The van der Waals surface area contributed by atoms with Gasteiger partial charge in [-0.2, -0.15) is 0 Å². The molecule has 0 aliphatic carbocycles. The van der Waals surface area contributed by atoms with Crippen LogP contribution in [0.5, 0.6) is 0 Å². The minimum Gasteiger partial charge on any atom is -0.352 e. The van der Waals surface area contributed by atoms with Crippen LogP contribution in [0, 0.1) is 5.82 Å². The lowest BCUT2D eigenvalue weighted by molar-refractivity contribution is 0.302. The summed E-state index contributed by atoms with van der Waals surface area (Å²) in [6, 6.07) is 24.6. The molecule has 3 heterocycles. The van der Waals surface area contributed by atoms with Crippen LogP contribution in [0.25, 0.3) is 5.69 Å². The molecule has 0 unspecified atom stereocenters. The molecule has 4 aromatic rings. The maximum Gasteiger partial charge on any atom is 0.170 e. The Kier molecular flexibility index (Phi) is 5.64. The summed E-state index contributed by atoms with van der Waals surface area (Å²) in [6.07, 6.45) is 3.74. The topological polar surface area (TPSA) is 33.1 Å². The molecule has 0 saturated carbocycles. The summed E-state index contributed by atoms with van der Waals surface area (Å²) >= 11 is 11.9. The highest BCUT2D eigenvalue weighted by molar-refractivity contribution is 7.80. The summed E-state index contributed by atoms with van der Waals surface area (Å²) in [4.78, 5) is 6.78. The molecule has 0 amide bonds. The van der Waals surface area contributed by atoms with Gasteiger partial charge in [0.2, 0.25) is 0 Å². The molecule has 4 nitrogen and oxygen atoms in total. The molecule has 2 aromatic carbocycles. The van der Waals surface area contributed by atoms with E-state index in [1.54, 1.807) is 18.3 Å². The van der Waals surface area contributed by atoms with E-state index in [2.05, 4.69) is 33.4 Å². The molecule has 2 aromatic heterocycles. The zero-order valence-corrected chi connectivity index (χ0v) is 18.6. The van der Waals surface area contributed by atoms with Crippen molar-refractivity contribution < 1.29 is 4.39 Å². The van der Waals surface area contributed by atoms with E-state index in [-0.39, 0.29) is 17.1 Å². The van der Waals surface area contributed by atoms with Gasteiger partial charge in [0, 0.05) is 30.3 Å². The zero-order chi connectivity index (χ0) is 22.1. The largest absolute Gasteiger partial charge is 0.352 e. The first-order valence-electron chi connectivity index (χ1n) is 10.3. The fraction of sp³-hybridized carbons (Fsp3) is 0.120. The molecule has 32 heavy (non-hydrogen) atoms. The fourth-order valence-corrected chi connectivity index (χ4v) is 4.66. The molecule has 2 atom stereocenters. The van der Waals surface area contributed by atoms with Crippen molar-refractivity contribution in [3.63, 3.8) is 0 Å². The predicted octanol–water partition coefficient (Wildman–Crippen LogP) is 5.84. The van der Waals surface area contributed by atoms with Gasteiger partial charge in [-0.3, -0.25) is 4.98 Å². The molecule has 1 aliphatic rings. The number of thiocarbonyl (C=S) groups is 1. The normalized spacial score (nSPS) is 18.1. The average Bonchev–Trinajstić information content (AvgIpc) is 3.42. The lowest BCUT2D eigenvalue weighted by atomic mass is 10.0. The quantitative estimate of drug-likeness (QED) is 0.378. The standard InChI is InChI=1S/C25H20ClFN4S/c26-19-15-18(11-12-20(19)27)30-14-6-10-22(30)24-23(21-9-4-5-13-28-21)29-25(32)31(24)16-17-7-2-1-3-8-17/h1-15,23-24H,16H2,(H,29,32)/t23-,24+/m1/s1. The monoisotopic (exact) mass is 462 g/mol. The van der Waals surface area contributed by atoms with Gasteiger partial charge in [0.15, 0.2) is 5.11 Å². The van der Waals surface area contributed by atoms with Crippen LogP contribution in [-0.4, -0.2) is 19.6 Å².